The lowest BCUT2D eigenvalue weighted by Gasteiger charge is -2.15. The molecule has 0 aliphatic carbocycles. The van der Waals surface area contributed by atoms with E-state index < -0.39 is 11.7 Å². The molecule has 5 rings (SSSR count). The number of anilines is 1. The molecule has 0 fully saturated rings. The average Bonchev–Trinajstić information content (AvgIpc) is 3.44. The first-order valence-corrected chi connectivity index (χ1v) is 10.8. The molecule has 34 heavy (non-hydrogen) atoms. The Morgan fingerprint density at radius 3 is 2.56 bits per heavy atom. The van der Waals surface area contributed by atoms with Gasteiger partial charge in [0.2, 0.25) is 0 Å². The van der Waals surface area contributed by atoms with Crippen LogP contribution in [0.4, 0.5) is 10.1 Å². The first kappa shape index (κ1) is 21.3. The third-order valence-electron chi connectivity index (χ3n) is 5.81. The average molecular weight is 452 g/mol. The van der Waals surface area contributed by atoms with Gasteiger partial charge in [0.1, 0.15) is 23.4 Å². The molecule has 1 aromatic heterocycles. The highest BCUT2D eigenvalue weighted by Gasteiger charge is 2.21. The Bertz CT molecular complexity index is 1510. The molecule has 0 radical (unpaired) electrons. The second-order valence-corrected chi connectivity index (χ2v) is 8.19. The lowest BCUT2D eigenvalue weighted by atomic mass is 10.1. The van der Waals surface area contributed by atoms with Crippen molar-refractivity contribution >= 4 is 28.2 Å². The number of hydrogen-bond donors (Lipinski definition) is 1. The fraction of sp³-hybridized carbons (Fsp3) is 0.154. The van der Waals surface area contributed by atoms with Crippen molar-refractivity contribution in [1.29, 1.82) is 5.26 Å². The van der Waals surface area contributed by atoms with Crippen LogP contribution in [0.2, 0.25) is 0 Å². The maximum atomic E-state index is 14.9. The number of benzene rings is 3. The number of halogens is 1. The van der Waals surface area contributed by atoms with Gasteiger partial charge in [-0.25, -0.2) is 9.07 Å². The van der Waals surface area contributed by atoms with Gasteiger partial charge in [-0.05, 0) is 54.1 Å². The van der Waals surface area contributed by atoms with Crippen LogP contribution in [0.15, 0.2) is 65.7 Å². The fourth-order valence-corrected chi connectivity index (χ4v) is 4.12. The predicted octanol–water partition coefficient (Wildman–Crippen LogP) is 4.29. The molecule has 168 valence electrons. The van der Waals surface area contributed by atoms with Gasteiger partial charge in [-0.2, -0.15) is 10.4 Å². The highest BCUT2D eigenvalue weighted by molar-refractivity contribution is 6.05. The number of carbonyl (C=O) groups excluding carboxylic acids is 1. The van der Waals surface area contributed by atoms with E-state index in [0.29, 0.717) is 29.1 Å². The van der Waals surface area contributed by atoms with Crippen molar-refractivity contribution in [3.8, 4) is 11.8 Å². The summed E-state index contributed by atoms with van der Waals surface area (Å²) in [7, 11) is 1.91. The van der Waals surface area contributed by atoms with E-state index in [9.17, 15) is 14.4 Å². The molecule has 0 bridgehead atoms. The quantitative estimate of drug-likeness (QED) is 0.501. The van der Waals surface area contributed by atoms with Crippen molar-refractivity contribution < 1.29 is 9.18 Å². The normalized spacial score (nSPS) is 13.1. The molecule has 0 atom stereocenters. The van der Waals surface area contributed by atoms with E-state index in [-0.39, 0.29) is 11.4 Å². The minimum Gasteiger partial charge on any atom is -0.358 e. The molecule has 4 aromatic rings. The smallest absolute Gasteiger partial charge is 0.274 e. The van der Waals surface area contributed by atoms with Crippen molar-refractivity contribution in [2.75, 3.05) is 25.5 Å². The van der Waals surface area contributed by atoms with Gasteiger partial charge in [-0.1, -0.05) is 24.3 Å². The molecule has 3 aromatic carbocycles. The number of aromatic nitrogens is 2. The van der Waals surface area contributed by atoms with Gasteiger partial charge in [-0.3, -0.25) is 9.79 Å². The summed E-state index contributed by atoms with van der Waals surface area (Å²) < 4.78 is 16.3. The lowest BCUT2D eigenvalue weighted by Crippen LogP contribution is -2.23. The van der Waals surface area contributed by atoms with Crippen LogP contribution in [0.3, 0.4) is 0 Å². The molecule has 0 spiro atoms. The Hall–Kier alpha value is -4.51. The first-order valence-electron chi connectivity index (χ1n) is 10.8. The van der Waals surface area contributed by atoms with Crippen molar-refractivity contribution in [2.45, 2.75) is 6.92 Å². The van der Waals surface area contributed by atoms with Crippen LogP contribution in [-0.2, 0) is 0 Å². The second-order valence-electron chi connectivity index (χ2n) is 8.19. The van der Waals surface area contributed by atoms with Crippen LogP contribution in [0.5, 0.6) is 0 Å². The second kappa shape index (κ2) is 8.45. The van der Waals surface area contributed by atoms with Crippen molar-refractivity contribution in [1.82, 2.24) is 14.7 Å². The van der Waals surface area contributed by atoms with Crippen LogP contribution in [-0.4, -0.2) is 46.6 Å². The molecule has 1 aliphatic heterocycles. The van der Waals surface area contributed by atoms with Crippen molar-refractivity contribution in [2.24, 2.45) is 4.99 Å². The zero-order valence-corrected chi connectivity index (χ0v) is 18.7. The molecule has 2 heterocycles. The Morgan fingerprint density at radius 2 is 1.88 bits per heavy atom. The summed E-state index contributed by atoms with van der Waals surface area (Å²) >= 11 is 0. The SMILES string of the molecule is Cc1cc(C(=O)Nc2ccc(C3=NCCN3C)cc2F)n(-c2cc3ccccc3cc2C#N)n1. The number of carbonyl (C=O) groups is 1. The lowest BCUT2D eigenvalue weighted by molar-refractivity contribution is 0.101. The van der Waals surface area contributed by atoms with Crippen molar-refractivity contribution in [3.63, 3.8) is 0 Å². The summed E-state index contributed by atoms with van der Waals surface area (Å²) in [5, 5.41) is 18.6. The van der Waals surface area contributed by atoms with Gasteiger partial charge in [0.05, 0.1) is 29.2 Å². The molecule has 7 nitrogen and oxygen atoms in total. The minimum absolute atomic E-state index is 0.0550. The monoisotopic (exact) mass is 452 g/mol. The molecule has 1 aliphatic rings. The van der Waals surface area contributed by atoms with Gasteiger partial charge in [0, 0.05) is 19.2 Å². The summed E-state index contributed by atoms with van der Waals surface area (Å²) in [5.74, 6) is -0.356. The van der Waals surface area contributed by atoms with Crippen LogP contribution >= 0.6 is 0 Å². The molecule has 0 unspecified atom stereocenters. The summed E-state index contributed by atoms with van der Waals surface area (Å²) in [6.07, 6.45) is 0. The van der Waals surface area contributed by atoms with Crippen LogP contribution in [0.1, 0.15) is 27.3 Å². The van der Waals surface area contributed by atoms with Crippen LogP contribution < -0.4 is 5.32 Å². The Balaban J connectivity index is 1.49. The summed E-state index contributed by atoms with van der Waals surface area (Å²) in [5.41, 5.74) is 2.38. The van der Waals surface area contributed by atoms with Gasteiger partial charge in [-0.15, -0.1) is 0 Å². The molecular formula is C26H21FN6O. The van der Waals surface area contributed by atoms with E-state index in [4.69, 9.17) is 0 Å². The van der Waals surface area contributed by atoms with Gasteiger partial charge in [0.15, 0.2) is 0 Å². The third kappa shape index (κ3) is 3.77. The number of aryl methyl sites for hydroxylation is 1. The largest absolute Gasteiger partial charge is 0.358 e. The number of nitrogens with one attached hydrogen (secondary N) is 1. The van der Waals surface area contributed by atoms with E-state index in [0.717, 1.165) is 23.2 Å². The minimum atomic E-state index is -0.556. The highest BCUT2D eigenvalue weighted by atomic mass is 19.1. The van der Waals surface area contributed by atoms with E-state index in [1.54, 1.807) is 25.1 Å². The number of fused-ring (bicyclic) bond motifs is 1. The number of likely N-dealkylation sites (N-methyl/N-ethyl adjacent to an activating group) is 1. The van der Waals surface area contributed by atoms with Gasteiger partial charge < -0.3 is 10.2 Å². The number of rotatable bonds is 4. The zero-order valence-electron chi connectivity index (χ0n) is 18.7. The Morgan fingerprint density at radius 1 is 1.12 bits per heavy atom. The highest BCUT2D eigenvalue weighted by Crippen LogP contribution is 2.25. The van der Waals surface area contributed by atoms with Gasteiger partial charge in [0.25, 0.3) is 5.91 Å². The summed E-state index contributed by atoms with van der Waals surface area (Å²) in [6.45, 7) is 3.22. The van der Waals surface area contributed by atoms with Crippen LogP contribution in [0.25, 0.3) is 16.5 Å². The number of amidine groups is 1. The van der Waals surface area contributed by atoms with E-state index >= 15 is 0 Å². The zero-order chi connectivity index (χ0) is 23.8. The standard InChI is InChI=1S/C26H21FN6O/c1-16-11-24(33(31-16)23-14-18-6-4-3-5-17(18)12-20(23)15-28)26(34)30-22-8-7-19(13-21(22)27)25-29-9-10-32(25)2/h3-8,11-14H,9-10H2,1-2H3,(H,30,34). The third-order valence-corrected chi connectivity index (χ3v) is 5.81. The first-order chi connectivity index (χ1) is 16.4. The van der Waals surface area contributed by atoms with E-state index in [2.05, 4.69) is 21.5 Å². The Kier molecular flexibility index (Phi) is 5.30. The number of nitrogens with zero attached hydrogens (tertiary/aromatic N) is 5. The predicted molar refractivity (Wildman–Crippen MR) is 129 cm³/mol. The molecule has 1 N–H and O–H groups in total. The Labute approximate surface area is 195 Å². The van der Waals surface area contributed by atoms with E-state index in [1.807, 2.05) is 42.3 Å². The summed E-state index contributed by atoms with van der Waals surface area (Å²) in [6, 6.07) is 19.7. The molecule has 1 amide bonds. The topological polar surface area (TPSA) is 86.3 Å². The summed E-state index contributed by atoms with van der Waals surface area (Å²) in [4.78, 5) is 19.5. The van der Waals surface area contributed by atoms with Gasteiger partial charge >= 0.3 is 0 Å². The molecule has 0 saturated heterocycles. The molecule has 8 heteroatoms. The maximum Gasteiger partial charge on any atom is 0.274 e. The molecule has 0 saturated carbocycles. The number of hydrogen-bond acceptors (Lipinski definition) is 5. The molecular weight excluding hydrogens is 431 g/mol. The number of aliphatic imine (C=N–C) groups is 1. The fourth-order valence-electron chi connectivity index (χ4n) is 4.12. The van der Waals surface area contributed by atoms with E-state index in [1.165, 1.54) is 16.8 Å². The van der Waals surface area contributed by atoms with Crippen molar-refractivity contribution in [3.05, 3.63) is 89.0 Å². The maximum absolute atomic E-state index is 14.9. The number of amides is 1. The number of nitriles is 1. The van der Waals surface area contributed by atoms with Crippen LogP contribution in [0, 0.1) is 24.1 Å².